The van der Waals surface area contributed by atoms with Crippen LogP contribution >= 0.6 is 11.8 Å². The van der Waals surface area contributed by atoms with Gasteiger partial charge in [0.25, 0.3) is 0 Å². The van der Waals surface area contributed by atoms with Crippen LogP contribution in [0.15, 0.2) is 0 Å². The van der Waals surface area contributed by atoms with Crippen molar-refractivity contribution in [1.29, 1.82) is 0 Å². The molecule has 0 radical (unpaired) electrons. The van der Waals surface area contributed by atoms with E-state index in [0.717, 1.165) is 0 Å². The predicted molar refractivity (Wildman–Crippen MR) is 54.1 cm³/mol. The summed E-state index contributed by atoms with van der Waals surface area (Å²) < 4.78 is 0. The minimum absolute atomic E-state index is 0.0863. The number of hydrogen-bond donors (Lipinski definition) is 2. The molecule has 5 nitrogen and oxygen atoms in total. The number of carboxylic acid groups (broad SMARTS) is 1. The minimum Gasteiger partial charge on any atom is -0.480 e. The quantitative estimate of drug-likeness (QED) is 0.671. The van der Waals surface area contributed by atoms with E-state index in [-0.39, 0.29) is 5.91 Å². The van der Waals surface area contributed by atoms with Crippen molar-refractivity contribution < 1.29 is 14.7 Å². The van der Waals surface area contributed by atoms with E-state index >= 15 is 0 Å². The number of amides is 1. The van der Waals surface area contributed by atoms with Gasteiger partial charge in [-0.05, 0) is 7.05 Å². The number of thioether (sulfide) groups is 1. The van der Waals surface area contributed by atoms with Crippen molar-refractivity contribution in [3.8, 4) is 0 Å². The van der Waals surface area contributed by atoms with Gasteiger partial charge in [0.05, 0.1) is 5.88 Å². The number of nitrogens with zero attached hydrogens (tertiary/aromatic N) is 1. The number of hydrogen-bond acceptors (Lipinski definition) is 4. The molecule has 0 saturated carbocycles. The molecule has 0 aromatic carbocycles. The fourth-order valence-corrected chi connectivity index (χ4v) is 2.44. The smallest absolute Gasteiger partial charge is 0.327 e. The third kappa shape index (κ3) is 2.62. The summed E-state index contributed by atoms with van der Waals surface area (Å²) in [5, 5.41) is 11.7. The summed E-state index contributed by atoms with van der Waals surface area (Å²) in [5.74, 6) is 0.00436. The summed E-state index contributed by atoms with van der Waals surface area (Å²) in [7, 11) is 1.76. The number of carboxylic acids is 1. The molecule has 0 aromatic heterocycles. The third-order valence-electron chi connectivity index (χ3n) is 2.08. The van der Waals surface area contributed by atoms with Gasteiger partial charge in [-0.3, -0.25) is 4.79 Å². The van der Waals surface area contributed by atoms with E-state index in [0.29, 0.717) is 24.6 Å². The highest BCUT2D eigenvalue weighted by Crippen LogP contribution is 2.21. The maximum atomic E-state index is 11.5. The molecule has 1 rings (SSSR count). The van der Waals surface area contributed by atoms with Crippen molar-refractivity contribution in [2.75, 3.05) is 25.2 Å². The van der Waals surface area contributed by atoms with Crippen molar-refractivity contribution >= 4 is 23.6 Å². The normalized spacial score (nSPS) is 21.2. The molecule has 0 aromatic rings. The molecule has 6 heteroatoms. The Morgan fingerprint density at radius 3 is 2.93 bits per heavy atom. The summed E-state index contributed by atoms with van der Waals surface area (Å²) in [4.78, 5) is 23.7. The van der Waals surface area contributed by atoms with Crippen molar-refractivity contribution in [2.45, 2.75) is 12.5 Å². The van der Waals surface area contributed by atoms with Crippen molar-refractivity contribution in [3.05, 3.63) is 0 Å². The minimum atomic E-state index is -0.909. The molecule has 1 atom stereocenters. The van der Waals surface area contributed by atoms with Crippen LogP contribution in [0.25, 0.3) is 0 Å². The second-order valence-corrected chi connectivity index (χ2v) is 4.07. The molecule has 1 heterocycles. The lowest BCUT2D eigenvalue weighted by Crippen LogP contribution is -2.42. The largest absolute Gasteiger partial charge is 0.480 e. The molecule has 1 unspecified atom stereocenters. The fraction of sp³-hybridized carbons (Fsp3) is 0.750. The Morgan fingerprint density at radius 1 is 1.64 bits per heavy atom. The number of carbonyl (C=O) groups excluding carboxylic acids is 1. The fourth-order valence-electron chi connectivity index (χ4n) is 1.27. The zero-order chi connectivity index (χ0) is 10.6. The van der Waals surface area contributed by atoms with E-state index in [9.17, 15) is 9.59 Å². The summed E-state index contributed by atoms with van der Waals surface area (Å²) in [6.07, 6.45) is 0.362. The first-order chi connectivity index (χ1) is 6.66. The van der Waals surface area contributed by atoms with Gasteiger partial charge in [0.15, 0.2) is 0 Å². The molecule has 1 fully saturated rings. The molecular weight excluding hydrogens is 204 g/mol. The second-order valence-electron chi connectivity index (χ2n) is 3.07. The maximum absolute atomic E-state index is 11.5. The van der Waals surface area contributed by atoms with Gasteiger partial charge in [-0.2, -0.15) is 0 Å². The van der Waals surface area contributed by atoms with Gasteiger partial charge in [-0.25, -0.2) is 4.79 Å². The lowest BCUT2D eigenvalue weighted by molar-refractivity contribution is -0.147. The Hall–Kier alpha value is -0.750. The zero-order valence-electron chi connectivity index (χ0n) is 8.02. The van der Waals surface area contributed by atoms with E-state index in [1.54, 1.807) is 7.05 Å². The van der Waals surface area contributed by atoms with Crippen LogP contribution in [-0.4, -0.2) is 53.1 Å². The highest BCUT2D eigenvalue weighted by atomic mass is 32.2. The Bertz CT molecular complexity index is 235. The molecule has 0 aliphatic carbocycles. The summed E-state index contributed by atoms with van der Waals surface area (Å²) >= 11 is 1.48. The molecule has 0 spiro atoms. The Morgan fingerprint density at radius 2 is 2.36 bits per heavy atom. The van der Waals surface area contributed by atoms with Crippen LogP contribution in [0, 0.1) is 0 Å². The lowest BCUT2D eigenvalue weighted by Gasteiger charge is -2.20. The SMILES string of the molecule is CNCCC(=O)N1CSCC1C(=O)O. The highest BCUT2D eigenvalue weighted by Gasteiger charge is 2.33. The van der Waals surface area contributed by atoms with E-state index in [1.807, 2.05) is 0 Å². The molecule has 1 aliphatic rings. The first-order valence-corrected chi connectivity index (χ1v) is 5.57. The summed E-state index contributed by atoms with van der Waals surface area (Å²) in [6, 6.07) is -0.635. The van der Waals surface area contributed by atoms with Crippen LogP contribution in [0.5, 0.6) is 0 Å². The highest BCUT2D eigenvalue weighted by molar-refractivity contribution is 7.99. The lowest BCUT2D eigenvalue weighted by atomic mass is 10.2. The monoisotopic (exact) mass is 218 g/mol. The van der Waals surface area contributed by atoms with Crippen LogP contribution in [0.2, 0.25) is 0 Å². The van der Waals surface area contributed by atoms with Crippen molar-refractivity contribution in [3.63, 3.8) is 0 Å². The van der Waals surface area contributed by atoms with Gasteiger partial charge >= 0.3 is 5.97 Å². The van der Waals surface area contributed by atoms with Crippen molar-refractivity contribution in [1.82, 2.24) is 10.2 Å². The van der Waals surface area contributed by atoms with Crippen LogP contribution in [0.3, 0.4) is 0 Å². The van der Waals surface area contributed by atoms with Gasteiger partial charge in [0.2, 0.25) is 5.91 Å². The molecule has 1 amide bonds. The Kier molecular flexibility index (Phi) is 4.21. The number of aliphatic carboxylic acids is 1. The Labute approximate surface area is 86.8 Å². The molecule has 2 N–H and O–H groups in total. The van der Waals surface area contributed by atoms with Gasteiger partial charge in [0, 0.05) is 18.7 Å². The molecule has 1 saturated heterocycles. The average Bonchev–Trinajstić information content (AvgIpc) is 2.62. The second kappa shape index (κ2) is 5.21. The van der Waals surface area contributed by atoms with E-state index in [2.05, 4.69) is 5.32 Å². The number of carbonyl (C=O) groups is 2. The van der Waals surface area contributed by atoms with Crippen LogP contribution in [0.4, 0.5) is 0 Å². The number of nitrogens with one attached hydrogen (secondary N) is 1. The number of rotatable bonds is 4. The molecule has 0 bridgehead atoms. The van der Waals surface area contributed by atoms with Crippen LogP contribution in [0.1, 0.15) is 6.42 Å². The van der Waals surface area contributed by atoms with Gasteiger partial charge in [-0.15, -0.1) is 11.8 Å². The maximum Gasteiger partial charge on any atom is 0.327 e. The van der Waals surface area contributed by atoms with Crippen LogP contribution < -0.4 is 5.32 Å². The first kappa shape index (κ1) is 11.3. The third-order valence-corrected chi connectivity index (χ3v) is 3.09. The standard InChI is InChI=1S/C8H14N2O3S/c1-9-3-2-7(11)10-5-14-4-6(10)8(12)13/h6,9H,2-5H2,1H3,(H,12,13). The van der Waals surface area contributed by atoms with E-state index < -0.39 is 12.0 Å². The van der Waals surface area contributed by atoms with Crippen LogP contribution in [-0.2, 0) is 9.59 Å². The molecule has 14 heavy (non-hydrogen) atoms. The molecular formula is C8H14N2O3S. The Balaban J connectivity index is 2.49. The summed E-state index contributed by atoms with van der Waals surface area (Å²) in [5.41, 5.74) is 0. The van der Waals surface area contributed by atoms with Gasteiger partial charge < -0.3 is 15.3 Å². The topological polar surface area (TPSA) is 69.6 Å². The van der Waals surface area contributed by atoms with E-state index in [1.165, 1.54) is 16.7 Å². The molecule has 80 valence electrons. The molecule has 1 aliphatic heterocycles. The predicted octanol–water partition coefficient (Wildman–Crippen LogP) is -0.418. The zero-order valence-corrected chi connectivity index (χ0v) is 8.84. The average molecular weight is 218 g/mol. The first-order valence-electron chi connectivity index (χ1n) is 4.41. The van der Waals surface area contributed by atoms with Gasteiger partial charge in [0.1, 0.15) is 6.04 Å². The summed E-state index contributed by atoms with van der Waals surface area (Å²) in [6.45, 7) is 0.590. The van der Waals surface area contributed by atoms with Crippen molar-refractivity contribution in [2.24, 2.45) is 0 Å². The van der Waals surface area contributed by atoms with E-state index in [4.69, 9.17) is 5.11 Å². The van der Waals surface area contributed by atoms with Gasteiger partial charge in [-0.1, -0.05) is 0 Å².